The minimum Gasteiger partial charge on any atom is -0.274 e. The first-order valence-electron chi connectivity index (χ1n) is 8.17. The maximum Gasteiger partial charge on any atom is 0.196 e. The summed E-state index contributed by atoms with van der Waals surface area (Å²) in [5.74, 6) is 1.70. The molecule has 0 saturated carbocycles. The third kappa shape index (κ3) is 3.03. The first-order chi connectivity index (χ1) is 12.2. The molecular weight excluding hydrogens is 328 g/mol. The van der Waals surface area contributed by atoms with Crippen molar-refractivity contribution in [3.05, 3.63) is 77.7 Å². The zero-order valence-corrected chi connectivity index (χ0v) is 15.0. The van der Waals surface area contributed by atoms with Crippen LogP contribution in [0.1, 0.15) is 17.0 Å². The average Bonchev–Trinajstić information content (AvgIpc) is 3.01. The van der Waals surface area contributed by atoms with E-state index >= 15 is 0 Å². The van der Waals surface area contributed by atoms with Gasteiger partial charge in [-0.05, 0) is 37.1 Å². The van der Waals surface area contributed by atoms with Crippen molar-refractivity contribution in [2.24, 2.45) is 0 Å². The largest absolute Gasteiger partial charge is 0.274 e. The number of thioether (sulfide) groups is 1. The van der Waals surface area contributed by atoms with Crippen LogP contribution in [0.3, 0.4) is 0 Å². The number of rotatable bonds is 4. The van der Waals surface area contributed by atoms with Crippen molar-refractivity contribution in [1.29, 1.82) is 0 Å². The summed E-state index contributed by atoms with van der Waals surface area (Å²) in [6.45, 7) is 4.10. The van der Waals surface area contributed by atoms with Gasteiger partial charge in [0.05, 0.1) is 11.2 Å². The Morgan fingerprint density at radius 2 is 1.76 bits per heavy atom. The molecule has 0 bridgehead atoms. The highest BCUT2D eigenvalue weighted by Gasteiger charge is 2.13. The Morgan fingerprint density at radius 3 is 2.64 bits per heavy atom. The number of hydrogen-bond acceptors (Lipinski definition) is 4. The van der Waals surface area contributed by atoms with E-state index < -0.39 is 0 Å². The minimum absolute atomic E-state index is 0.804. The number of fused-ring (bicyclic) bond motifs is 1. The van der Waals surface area contributed by atoms with E-state index in [9.17, 15) is 0 Å². The van der Waals surface area contributed by atoms with Crippen LogP contribution in [0.25, 0.3) is 16.6 Å². The van der Waals surface area contributed by atoms with Gasteiger partial charge in [-0.25, -0.2) is 0 Å². The van der Waals surface area contributed by atoms with Crippen LogP contribution < -0.4 is 0 Å². The summed E-state index contributed by atoms with van der Waals surface area (Å²) in [7, 11) is 0. The molecule has 0 fully saturated rings. The van der Waals surface area contributed by atoms with Crippen LogP contribution in [0.15, 0.2) is 66.0 Å². The van der Waals surface area contributed by atoms with Gasteiger partial charge >= 0.3 is 0 Å². The second kappa shape index (κ2) is 6.69. The smallest absolute Gasteiger partial charge is 0.196 e. The van der Waals surface area contributed by atoms with Crippen molar-refractivity contribution >= 4 is 22.7 Å². The molecule has 4 nitrogen and oxygen atoms in total. The van der Waals surface area contributed by atoms with Gasteiger partial charge in [-0.2, -0.15) is 0 Å². The summed E-state index contributed by atoms with van der Waals surface area (Å²) in [5.41, 5.74) is 4.60. The van der Waals surface area contributed by atoms with Crippen molar-refractivity contribution < 1.29 is 0 Å². The molecule has 4 rings (SSSR count). The van der Waals surface area contributed by atoms with Crippen molar-refractivity contribution in [2.75, 3.05) is 0 Å². The summed E-state index contributed by atoms with van der Waals surface area (Å²) >= 11 is 1.69. The molecule has 124 valence electrons. The van der Waals surface area contributed by atoms with Crippen LogP contribution in [-0.4, -0.2) is 19.7 Å². The molecule has 2 aromatic carbocycles. The van der Waals surface area contributed by atoms with E-state index in [-0.39, 0.29) is 0 Å². The van der Waals surface area contributed by atoms with E-state index in [0.717, 1.165) is 33.3 Å². The highest BCUT2D eigenvalue weighted by molar-refractivity contribution is 7.98. The standard InChI is InChI=1S/C20H18N4S/c1-14-7-3-4-11-18(14)24-15(2)22-23-20(24)25-13-17-9-5-8-16-10-6-12-21-19(16)17/h3-12H,13H2,1-2H3. The maximum atomic E-state index is 4.54. The van der Waals surface area contributed by atoms with Crippen molar-refractivity contribution in [2.45, 2.75) is 24.8 Å². The summed E-state index contributed by atoms with van der Waals surface area (Å²) in [4.78, 5) is 4.54. The van der Waals surface area contributed by atoms with Crippen molar-refractivity contribution in [3.63, 3.8) is 0 Å². The van der Waals surface area contributed by atoms with Crippen LogP contribution in [-0.2, 0) is 5.75 Å². The first kappa shape index (κ1) is 15.8. The normalized spacial score (nSPS) is 11.1. The van der Waals surface area contributed by atoms with Gasteiger partial charge < -0.3 is 0 Å². The fourth-order valence-corrected chi connectivity index (χ4v) is 3.93. The van der Waals surface area contributed by atoms with E-state index in [1.54, 1.807) is 11.8 Å². The average molecular weight is 346 g/mol. The van der Waals surface area contributed by atoms with Gasteiger partial charge in [0.2, 0.25) is 0 Å². The third-order valence-corrected chi connectivity index (χ3v) is 5.20. The first-order valence-corrected chi connectivity index (χ1v) is 9.16. The predicted molar refractivity (Wildman–Crippen MR) is 102 cm³/mol. The molecule has 0 amide bonds. The topological polar surface area (TPSA) is 43.6 Å². The predicted octanol–water partition coefficient (Wildman–Crippen LogP) is 4.72. The summed E-state index contributed by atoms with van der Waals surface area (Å²) < 4.78 is 2.12. The van der Waals surface area contributed by atoms with E-state index in [2.05, 4.69) is 63.1 Å². The number of pyridine rings is 1. The van der Waals surface area contributed by atoms with Gasteiger partial charge in [-0.15, -0.1) is 10.2 Å². The zero-order chi connectivity index (χ0) is 17.2. The van der Waals surface area contributed by atoms with Crippen LogP contribution in [0.4, 0.5) is 0 Å². The number of nitrogens with zero attached hydrogens (tertiary/aromatic N) is 4. The van der Waals surface area contributed by atoms with Crippen LogP contribution in [0.5, 0.6) is 0 Å². The number of hydrogen-bond donors (Lipinski definition) is 0. The van der Waals surface area contributed by atoms with Gasteiger partial charge in [0.25, 0.3) is 0 Å². The molecule has 0 radical (unpaired) electrons. The molecule has 0 spiro atoms. The lowest BCUT2D eigenvalue weighted by atomic mass is 10.1. The molecule has 25 heavy (non-hydrogen) atoms. The lowest BCUT2D eigenvalue weighted by molar-refractivity contribution is 0.862. The van der Waals surface area contributed by atoms with Crippen molar-refractivity contribution in [1.82, 2.24) is 19.7 Å². The van der Waals surface area contributed by atoms with Crippen LogP contribution in [0, 0.1) is 13.8 Å². The van der Waals surface area contributed by atoms with Gasteiger partial charge in [0.15, 0.2) is 5.16 Å². The molecule has 0 atom stereocenters. The number of para-hydroxylation sites is 2. The minimum atomic E-state index is 0.804. The van der Waals surface area contributed by atoms with E-state index in [0.29, 0.717) is 0 Å². The molecule has 0 N–H and O–H groups in total. The third-order valence-electron chi connectivity index (χ3n) is 4.22. The zero-order valence-electron chi connectivity index (χ0n) is 14.2. The second-order valence-corrected chi connectivity index (χ2v) is 6.88. The van der Waals surface area contributed by atoms with Gasteiger partial charge in [0.1, 0.15) is 5.82 Å². The second-order valence-electron chi connectivity index (χ2n) is 5.93. The molecule has 0 saturated heterocycles. The SMILES string of the molecule is Cc1ccccc1-n1c(C)nnc1SCc1cccc2cccnc12. The highest BCUT2D eigenvalue weighted by Crippen LogP contribution is 2.28. The van der Waals surface area contributed by atoms with Gasteiger partial charge in [-0.1, -0.05) is 54.2 Å². The molecule has 0 aliphatic heterocycles. The lowest BCUT2D eigenvalue weighted by Gasteiger charge is -2.11. The lowest BCUT2D eigenvalue weighted by Crippen LogP contribution is -2.01. The molecule has 0 unspecified atom stereocenters. The molecule has 2 aromatic heterocycles. The molecule has 0 aliphatic rings. The monoisotopic (exact) mass is 346 g/mol. The number of benzene rings is 2. The summed E-state index contributed by atoms with van der Waals surface area (Å²) in [6, 6.07) is 18.7. The Bertz CT molecular complexity index is 1030. The molecule has 4 aromatic rings. The molecule has 2 heterocycles. The fraction of sp³-hybridized carbons (Fsp3) is 0.150. The summed E-state index contributed by atoms with van der Waals surface area (Å²) in [5, 5.41) is 10.7. The molecule has 5 heteroatoms. The van der Waals surface area contributed by atoms with E-state index in [4.69, 9.17) is 0 Å². The Hall–Kier alpha value is -2.66. The quantitative estimate of drug-likeness (QED) is 0.501. The van der Waals surface area contributed by atoms with Gasteiger partial charge in [0, 0.05) is 17.3 Å². The molecule has 0 aliphatic carbocycles. The maximum absolute atomic E-state index is 4.54. The Kier molecular flexibility index (Phi) is 4.24. The Balaban J connectivity index is 1.67. The van der Waals surface area contributed by atoms with Crippen LogP contribution >= 0.6 is 11.8 Å². The van der Waals surface area contributed by atoms with Crippen molar-refractivity contribution in [3.8, 4) is 5.69 Å². The van der Waals surface area contributed by atoms with E-state index in [1.165, 1.54) is 11.1 Å². The Morgan fingerprint density at radius 1 is 0.920 bits per heavy atom. The highest BCUT2D eigenvalue weighted by atomic mass is 32.2. The number of aromatic nitrogens is 4. The van der Waals surface area contributed by atoms with Crippen LogP contribution in [0.2, 0.25) is 0 Å². The fourth-order valence-electron chi connectivity index (χ4n) is 2.95. The number of aryl methyl sites for hydroxylation is 2. The van der Waals surface area contributed by atoms with E-state index in [1.807, 2.05) is 31.3 Å². The summed E-state index contributed by atoms with van der Waals surface area (Å²) in [6.07, 6.45) is 1.84. The Labute approximate surface area is 150 Å². The van der Waals surface area contributed by atoms with Gasteiger partial charge in [-0.3, -0.25) is 9.55 Å². The molecular formula is C20H18N4S.